The molecule has 0 bridgehead atoms. The summed E-state index contributed by atoms with van der Waals surface area (Å²) in [6.07, 6.45) is 0.557. The highest BCUT2D eigenvalue weighted by atomic mass is 19.1. The van der Waals surface area contributed by atoms with Crippen molar-refractivity contribution in [2.75, 3.05) is 27.2 Å². The van der Waals surface area contributed by atoms with Crippen LogP contribution in [0.3, 0.4) is 0 Å². The van der Waals surface area contributed by atoms with E-state index >= 15 is 0 Å². The summed E-state index contributed by atoms with van der Waals surface area (Å²) in [5, 5.41) is 18.7. The molecule has 0 heterocycles. The Morgan fingerprint density at radius 2 is 1.83 bits per heavy atom. The summed E-state index contributed by atoms with van der Waals surface area (Å²) >= 11 is 0. The van der Waals surface area contributed by atoms with Crippen molar-refractivity contribution in [3.05, 3.63) is 47.5 Å². The van der Waals surface area contributed by atoms with Crippen LogP contribution in [0.25, 0.3) is 0 Å². The molecule has 0 aliphatic rings. The second kappa shape index (κ2) is 8.86. The maximum Gasteiger partial charge on any atom is 0.371 e. The Kier molecular flexibility index (Phi) is 7.17. The first-order valence-electron chi connectivity index (χ1n) is 6.77. The van der Waals surface area contributed by atoms with Crippen LogP contribution in [0.2, 0.25) is 0 Å². The first-order chi connectivity index (χ1) is 10.8. The van der Waals surface area contributed by atoms with Crippen molar-refractivity contribution >= 4 is 11.9 Å². The van der Waals surface area contributed by atoms with E-state index in [9.17, 15) is 14.0 Å². The molecule has 0 spiro atoms. The third kappa shape index (κ3) is 6.90. The van der Waals surface area contributed by atoms with Gasteiger partial charge in [0.25, 0.3) is 5.91 Å². The van der Waals surface area contributed by atoms with Crippen LogP contribution in [-0.2, 0) is 21.0 Å². The fourth-order valence-corrected chi connectivity index (χ4v) is 1.53. The molecule has 0 unspecified atom stereocenters. The van der Waals surface area contributed by atoms with E-state index in [4.69, 9.17) is 15.1 Å². The molecule has 0 saturated carbocycles. The minimum Gasteiger partial charge on any atom is -0.502 e. The Balaban J connectivity index is 2.83. The van der Waals surface area contributed by atoms with Crippen LogP contribution < -0.4 is 0 Å². The van der Waals surface area contributed by atoms with E-state index < -0.39 is 23.5 Å². The average Bonchev–Trinajstić information content (AvgIpc) is 2.47. The van der Waals surface area contributed by atoms with Gasteiger partial charge in [-0.2, -0.15) is 0 Å². The fourth-order valence-electron chi connectivity index (χ4n) is 1.53. The molecule has 0 radical (unpaired) electrons. The number of aliphatic hydroxyl groups excluding tert-OH is 1. The first-order valence-corrected chi connectivity index (χ1v) is 6.77. The second-order valence-corrected chi connectivity index (χ2v) is 4.97. The van der Waals surface area contributed by atoms with Crippen molar-refractivity contribution in [1.82, 2.24) is 9.96 Å². The number of nitrogens with zero attached hydrogens (tertiary/aromatic N) is 2. The van der Waals surface area contributed by atoms with Gasteiger partial charge < -0.3 is 15.1 Å². The quantitative estimate of drug-likeness (QED) is 0.423. The molecule has 1 aromatic carbocycles. The Labute approximate surface area is 133 Å². The normalized spacial score (nSPS) is 11.6. The summed E-state index contributed by atoms with van der Waals surface area (Å²) in [7, 11) is 3.65. The molecule has 1 aromatic rings. The SMILES string of the molecule is CN(C)CCON(Cc1ccc(F)cc1)C(=O)C=C(O)C(=O)O. The van der Waals surface area contributed by atoms with Gasteiger partial charge in [0.2, 0.25) is 5.76 Å². The number of hydrogen-bond acceptors (Lipinski definition) is 5. The first kappa shape index (κ1) is 18.6. The number of likely N-dealkylation sites (N-methyl/N-ethyl adjacent to an activating group) is 1. The number of benzene rings is 1. The molecule has 2 N–H and O–H groups in total. The fraction of sp³-hybridized carbons (Fsp3) is 0.333. The van der Waals surface area contributed by atoms with Gasteiger partial charge in [-0.25, -0.2) is 14.2 Å². The molecule has 7 nitrogen and oxygen atoms in total. The molecule has 1 rings (SSSR count). The number of rotatable bonds is 8. The van der Waals surface area contributed by atoms with Crippen molar-refractivity contribution in [1.29, 1.82) is 0 Å². The number of aliphatic hydroxyl groups is 1. The molecule has 0 aliphatic heterocycles. The predicted octanol–water partition coefficient (Wildman–Crippen LogP) is 1.17. The number of carboxylic acid groups (broad SMARTS) is 1. The zero-order valence-corrected chi connectivity index (χ0v) is 12.9. The lowest BCUT2D eigenvalue weighted by Crippen LogP contribution is -2.32. The lowest BCUT2D eigenvalue weighted by Gasteiger charge is -2.21. The van der Waals surface area contributed by atoms with Gasteiger partial charge in [-0.05, 0) is 31.8 Å². The van der Waals surface area contributed by atoms with Gasteiger partial charge in [-0.3, -0.25) is 9.63 Å². The Morgan fingerprint density at radius 1 is 1.22 bits per heavy atom. The van der Waals surface area contributed by atoms with Crippen LogP contribution >= 0.6 is 0 Å². The Hall–Kier alpha value is -2.45. The highest BCUT2D eigenvalue weighted by Gasteiger charge is 2.16. The summed E-state index contributed by atoms with van der Waals surface area (Å²) in [5.41, 5.74) is 0.591. The van der Waals surface area contributed by atoms with Gasteiger partial charge in [0.05, 0.1) is 19.2 Å². The van der Waals surface area contributed by atoms with Gasteiger partial charge in [-0.15, -0.1) is 0 Å². The van der Waals surface area contributed by atoms with Crippen molar-refractivity contribution in [3.63, 3.8) is 0 Å². The maximum atomic E-state index is 12.9. The molecule has 23 heavy (non-hydrogen) atoms. The number of halogens is 1. The molecule has 8 heteroatoms. The van der Waals surface area contributed by atoms with Crippen molar-refractivity contribution in [3.8, 4) is 0 Å². The van der Waals surface area contributed by atoms with Gasteiger partial charge in [-0.1, -0.05) is 12.1 Å². The minimum absolute atomic E-state index is 0.0179. The molecule has 0 aliphatic carbocycles. The third-order valence-corrected chi connectivity index (χ3v) is 2.75. The summed E-state index contributed by atoms with van der Waals surface area (Å²) < 4.78 is 12.9. The van der Waals surface area contributed by atoms with E-state index in [0.717, 1.165) is 5.06 Å². The number of amides is 1. The molecule has 126 valence electrons. The van der Waals surface area contributed by atoms with Gasteiger partial charge >= 0.3 is 5.97 Å². The molecule has 0 atom stereocenters. The topological polar surface area (TPSA) is 90.3 Å². The van der Waals surface area contributed by atoms with Gasteiger partial charge in [0.15, 0.2) is 0 Å². The number of carbonyl (C=O) groups excluding carboxylic acids is 1. The van der Waals surface area contributed by atoms with E-state index in [2.05, 4.69) is 0 Å². The van der Waals surface area contributed by atoms with Gasteiger partial charge in [0, 0.05) is 6.54 Å². The van der Waals surface area contributed by atoms with Crippen LogP contribution in [0.4, 0.5) is 4.39 Å². The summed E-state index contributed by atoms with van der Waals surface area (Å²) in [6.45, 7) is 0.694. The Morgan fingerprint density at radius 3 is 2.35 bits per heavy atom. The lowest BCUT2D eigenvalue weighted by atomic mass is 10.2. The predicted molar refractivity (Wildman–Crippen MR) is 79.8 cm³/mol. The third-order valence-electron chi connectivity index (χ3n) is 2.75. The van der Waals surface area contributed by atoms with Crippen LogP contribution in [-0.4, -0.2) is 59.3 Å². The zero-order chi connectivity index (χ0) is 17.4. The van der Waals surface area contributed by atoms with E-state index in [1.165, 1.54) is 24.3 Å². The number of hydrogen-bond donors (Lipinski definition) is 2. The average molecular weight is 326 g/mol. The second-order valence-electron chi connectivity index (χ2n) is 4.97. The highest BCUT2D eigenvalue weighted by molar-refractivity contribution is 5.95. The van der Waals surface area contributed by atoms with Crippen LogP contribution in [0, 0.1) is 5.82 Å². The number of hydroxylamine groups is 2. The van der Waals surface area contributed by atoms with E-state index in [0.29, 0.717) is 18.2 Å². The molecular weight excluding hydrogens is 307 g/mol. The lowest BCUT2D eigenvalue weighted by molar-refractivity contribution is -0.186. The van der Waals surface area contributed by atoms with Crippen LogP contribution in [0.15, 0.2) is 36.1 Å². The van der Waals surface area contributed by atoms with Crippen molar-refractivity contribution < 1.29 is 29.0 Å². The summed E-state index contributed by atoms with van der Waals surface area (Å²) in [6, 6.07) is 5.43. The summed E-state index contributed by atoms with van der Waals surface area (Å²) in [4.78, 5) is 29.8. The number of carboxylic acids is 1. The van der Waals surface area contributed by atoms with Gasteiger partial charge in [0.1, 0.15) is 5.82 Å². The highest BCUT2D eigenvalue weighted by Crippen LogP contribution is 2.09. The van der Waals surface area contributed by atoms with Crippen LogP contribution in [0.1, 0.15) is 5.56 Å². The molecule has 1 amide bonds. The van der Waals surface area contributed by atoms with E-state index in [1.54, 1.807) is 0 Å². The molecule has 0 fully saturated rings. The molecule has 0 aromatic heterocycles. The van der Waals surface area contributed by atoms with Crippen molar-refractivity contribution in [2.24, 2.45) is 0 Å². The van der Waals surface area contributed by atoms with Crippen molar-refractivity contribution in [2.45, 2.75) is 6.54 Å². The standard InChI is InChI=1S/C15H19FN2O5/c1-17(2)7-8-23-18(14(20)9-13(19)15(21)22)10-11-3-5-12(16)6-4-11/h3-6,9,19H,7-8,10H2,1-2H3,(H,21,22). The maximum absolute atomic E-state index is 12.9. The minimum atomic E-state index is -1.62. The monoisotopic (exact) mass is 326 g/mol. The van der Waals surface area contributed by atoms with E-state index in [1.807, 2.05) is 19.0 Å². The number of carbonyl (C=O) groups is 2. The molecule has 0 saturated heterocycles. The largest absolute Gasteiger partial charge is 0.502 e. The smallest absolute Gasteiger partial charge is 0.371 e. The Bertz CT molecular complexity index is 572. The zero-order valence-electron chi connectivity index (χ0n) is 12.9. The summed E-state index contributed by atoms with van der Waals surface area (Å²) in [5.74, 6) is -3.94. The number of aliphatic carboxylic acids is 1. The molecular formula is C15H19FN2O5. The van der Waals surface area contributed by atoms with E-state index in [-0.39, 0.29) is 13.2 Å². The van der Waals surface area contributed by atoms with Crippen LogP contribution in [0.5, 0.6) is 0 Å².